The SMILES string of the molecule is NN=C(SC(Cl)(C(=O)c1ccccc1)C(=O)c1ccccc1)N(N)c1ccccc1. The van der Waals surface area contributed by atoms with Crippen LogP contribution in [0.4, 0.5) is 5.69 Å². The molecule has 3 rings (SSSR count). The van der Waals surface area contributed by atoms with Crippen molar-refractivity contribution in [1.29, 1.82) is 0 Å². The highest BCUT2D eigenvalue weighted by molar-refractivity contribution is 8.17. The lowest BCUT2D eigenvalue weighted by atomic mass is 10.0. The fraction of sp³-hybridized carbons (Fsp3) is 0.0455. The zero-order chi connectivity index (χ0) is 21.6. The number of thioether (sulfide) groups is 1. The van der Waals surface area contributed by atoms with Crippen LogP contribution in [0, 0.1) is 0 Å². The van der Waals surface area contributed by atoms with Gasteiger partial charge in [-0.05, 0) is 23.9 Å². The minimum Gasteiger partial charge on any atom is -0.321 e. The Bertz CT molecular complexity index is 995. The third kappa shape index (κ3) is 4.54. The smallest absolute Gasteiger partial charge is 0.222 e. The summed E-state index contributed by atoms with van der Waals surface area (Å²) in [6.45, 7) is 0. The molecule has 4 N–H and O–H groups in total. The lowest BCUT2D eigenvalue weighted by molar-refractivity contribution is 0.0883. The normalized spacial score (nSPS) is 11.7. The first-order valence-electron chi connectivity index (χ1n) is 8.92. The number of halogens is 1. The Morgan fingerprint density at radius 1 is 0.800 bits per heavy atom. The molecule has 3 aromatic carbocycles. The number of rotatable bonds is 6. The summed E-state index contributed by atoms with van der Waals surface area (Å²) in [7, 11) is 0. The minimum absolute atomic E-state index is 0.00441. The van der Waals surface area contributed by atoms with Crippen LogP contribution in [-0.2, 0) is 0 Å². The molecule has 0 fully saturated rings. The second-order valence-electron chi connectivity index (χ2n) is 6.20. The number of hydrazine groups is 1. The van der Waals surface area contributed by atoms with Gasteiger partial charge < -0.3 is 5.84 Å². The van der Waals surface area contributed by atoms with Crippen LogP contribution < -0.4 is 16.7 Å². The number of amidine groups is 1. The quantitative estimate of drug-likeness (QED) is 0.114. The fourth-order valence-electron chi connectivity index (χ4n) is 2.71. The Kier molecular flexibility index (Phi) is 6.89. The van der Waals surface area contributed by atoms with Crippen LogP contribution >= 0.6 is 23.4 Å². The van der Waals surface area contributed by atoms with Crippen molar-refractivity contribution in [2.45, 2.75) is 4.21 Å². The lowest BCUT2D eigenvalue weighted by Crippen LogP contribution is -2.44. The number of hydrazone groups is 1. The first-order valence-corrected chi connectivity index (χ1v) is 10.1. The van der Waals surface area contributed by atoms with Crippen LogP contribution in [0.15, 0.2) is 96.1 Å². The van der Waals surface area contributed by atoms with Gasteiger partial charge in [-0.1, -0.05) is 90.5 Å². The van der Waals surface area contributed by atoms with E-state index >= 15 is 0 Å². The van der Waals surface area contributed by atoms with Gasteiger partial charge in [0.15, 0.2) is 0 Å². The van der Waals surface area contributed by atoms with Gasteiger partial charge in [0, 0.05) is 11.1 Å². The number of benzene rings is 3. The van der Waals surface area contributed by atoms with Crippen molar-refractivity contribution < 1.29 is 9.59 Å². The van der Waals surface area contributed by atoms with Crippen LogP contribution in [0.2, 0.25) is 0 Å². The molecule has 0 unspecified atom stereocenters. The second kappa shape index (κ2) is 9.58. The molecule has 0 aliphatic rings. The lowest BCUT2D eigenvalue weighted by Gasteiger charge is -2.27. The van der Waals surface area contributed by atoms with E-state index in [2.05, 4.69) is 5.10 Å². The predicted octanol–water partition coefficient (Wildman–Crippen LogP) is 4.03. The van der Waals surface area contributed by atoms with Crippen molar-refractivity contribution in [3.8, 4) is 0 Å². The molecule has 30 heavy (non-hydrogen) atoms. The zero-order valence-corrected chi connectivity index (χ0v) is 17.4. The van der Waals surface area contributed by atoms with E-state index in [-0.39, 0.29) is 16.3 Å². The maximum absolute atomic E-state index is 13.4. The molecule has 0 radical (unpaired) electrons. The van der Waals surface area contributed by atoms with Gasteiger partial charge in [0.05, 0.1) is 5.69 Å². The molecule has 152 valence electrons. The van der Waals surface area contributed by atoms with E-state index in [0.29, 0.717) is 17.4 Å². The van der Waals surface area contributed by atoms with Crippen molar-refractivity contribution in [1.82, 2.24) is 0 Å². The highest BCUT2D eigenvalue weighted by Gasteiger charge is 2.47. The average Bonchev–Trinajstić information content (AvgIpc) is 2.82. The van der Waals surface area contributed by atoms with Gasteiger partial charge in [-0.3, -0.25) is 14.6 Å². The van der Waals surface area contributed by atoms with Crippen LogP contribution in [-0.4, -0.2) is 20.9 Å². The van der Waals surface area contributed by atoms with Gasteiger partial charge in [0.25, 0.3) is 0 Å². The van der Waals surface area contributed by atoms with Gasteiger partial charge in [0.2, 0.25) is 20.9 Å². The number of hydrogen-bond acceptors (Lipinski definition) is 6. The summed E-state index contributed by atoms with van der Waals surface area (Å²) in [6, 6.07) is 25.5. The molecule has 6 nitrogen and oxygen atoms in total. The Morgan fingerprint density at radius 3 is 1.60 bits per heavy atom. The van der Waals surface area contributed by atoms with Crippen LogP contribution in [0.5, 0.6) is 0 Å². The summed E-state index contributed by atoms with van der Waals surface area (Å²) in [4.78, 5) is 26.7. The number of nitrogens with two attached hydrogens (primary N) is 2. The number of anilines is 1. The number of ketones is 2. The van der Waals surface area contributed by atoms with E-state index in [0.717, 1.165) is 0 Å². The molecule has 0 heterocycles. The summed E-state index contributed by atoms with van der Waals surface area (Å²) >= 11 is 7.45. The van der Waals surface area contributed by atoms with Crippen molar-refractivity contribution in [2.75, 3.05) is 5.01 Å². The van der Waals surface area contributed by atoms with Crippen molar-refractivity contribution >= 4 is 45.8 Å². The molecule has 0 saturated carbocycles. The number of nitrogens with zero attached hydrogens (tertiary/aromatic N) is 2. The Hall–Kier alpha value is -3.13. The van der Waals surface area contributed by atoms with Crippen molar-refractivity contribution in [3.63, 3.8) is 0 Å². The van der Waals surface area contributed by atoms with E-state index in [9.17, 15) is 9.59 Å². The second-order valence-corrected chi connectivity index (χ2v) is 8.18. The first kappa shape index (κ1) is 21.6. The molecule has 8 heteroatoms. The van der Waals surface area contributed by atoms with Crippen LogP contribution in [0.1, 0.15) is 20.7 Å². The van der Waals surface area contributed by atoms with E-state index < -0.39 is 15.8 Å². The highest BCUT2D eigenvalue weighted by atomic mass is 35.5. The van der Waals surface area contributed by atoms with E-state index in [1.807, 2.05) is 6.07 Å². The molecule has 3 aromatic rings. The van der Waals surface area contributed by atoms with Crippen LogP contribution in [0.25, 0.3) is 0 Å². The monoisotopic (exact) mass is 438 g/mol. The summed E-state index contributed by atoms with van der Waals surface area (Å²) in [5, 5.41) is 4.88. The minimum atomic E-state index is -2.06. The average molecular weight is 439 g/mol. The number of carbonyl (C=O) groups is 2. The number of para-hydroxylation sites is 1. The number of Topliss-reactive ketones (excluding diaryl/α,β-unsaturated/α-hetero) is 2. The largest absolute Gasteiger partial charge is 0.321 e. The topological polar surface area (TPSA) is 102 Å². The number of hydrogen-bond donors (Lipinski definition) is 2. The van der Waals surface area contributed by atoms with Gasteiger partial charge >= 0.3 is 0 Å². The maximum Gasteiger partial charge on any atom is 0.222 e. The molecule has 0 aliphatic heterocycles. The Balaban J connectivity index is 2.02. The molecule has 0 spiro atoms. The summed E-state index contributed by atoms with van der Waals surface area (Å²) in [6.07, 6.45) is 0. The Morgan fingerprint density at radius 2 is 1.20 bits per heavy atom. The van der Waals surface area contributed by atoms with Gasteiger partial charge in [-0.25, -0.2) is 5.84 Å². The van der Waals surface area contributed by atoms with E-state index in [4.69, 9.17) is 23.3 Å². The molecular weight excluding hydrogens is 420 g/mol. The standard InChI is InChI=1S/C22H19ClN4O2S/c23-22(19(28)16-10-4-1-5-11-16,20(29)17-12-6-2-7-13-17)30-21(26-24)27(25)18-14-8-3-9-15-18/h1-15H,24-25H2. The third-order valence-electron chi connectivity index (χ3n) is 4.24. The molecule has 0 bridgehead atoms. The summed E-state index contributed by atoms with van der Waals surface area (Å²) in [5.41, 5.74) is 1.13. The third-order valence-corrected chi connectivity index (χ3v) is 5.95. The first-order chi connectivity index (χ1) is 14.5. The van der Waals surface area contributed by atoms with Crippen LogP contribution in [0.3, 0.4) is 0 Å². The number of alkyl halides is 1. The molecule has 0 saturated heterocycles. The van der Waals surface area contributed by atoms with Crippen molar-refractivity contribution in [2.24, 2.45) is 16.8 Å². The zero-order valence-electron chi connectivity index (χ0n) is 15.8. The Labute approximate surface area is 183 Å². The van der Waals surface area contributed by atoms with Crippen molar-refractivity contribution in [3.05, 3.63) is 102 Å². The molecular formula is C22H19ClN4O2S. The molecule has 0 aromatic heterocycles. The number of carbonyl (C=O) groups excluding carboxylic acids is 2. The van der Waals surface area contributed by atoms with Gasteiger partial charge in [-0.2, -0.15) is 5.10 Å². The van der Waals surface area contributed by atoms with E-state index in [1.54, 1.807) is 84.9 Å². The summed E-state index contributed by atoms with van der Waals surface area (Å²) in [5.74, 6) is 10.5. The van der Waals surface area contributed by atoms with E-state index in [1.165, 1.54) is 5.01 Å². The highest BCUT2D eigenvalue weighted by Crippen LogP contribution is 2.39. The summed E-state index contributed by atoms with van der Waals surface area (Å²) < 4.78 is -2.06. The fourth-order valence-corrected chi connectivity index (χ4v) is 4.06. The predicted molar refractivity (Wildman–Crippen MR) is 122 cm³/mol. The maximum atomic E-state index is 13.4. The van der Waals surface area contributed by atoms with Gasteiger partial charge in [-0.15, -0.1) is 0 Å². The van der Waals surface area contributed by atoms with Gasteiger partial charge in [0.1, 0.15) is 0 Å². The molecule has 0 amide bonds. The molecule has 0 aliphatic carbocycles. The molecule has 0 atom stereocenters.